The van der Waals surface area contributed by atoms with E-state index in [1.54, 1.807) is 30.3 Å². The quantitative estimate of drug-likeness (QED) is 0.350. The summed E-state index contributed by atoms with van der Waals surface area (Å²) in [5.74, 6) is -0.793. The van der Waals surface area contributed by atoms with Crippen molar-refractivity contribution in [2.45, 2.75) is 59.0 Å². The molecule has 0 aliphatic rings. The summed E-state index contributed by atoms with van der Waals surface area (Å²) in [6.07, 6.45) is 3.74. The highest BCUT2D eigenvalue weighted by Gasteiger charge is 2.32. The molecule has 0 radical (unpaired) electrons. The standard InChI is InChI=1S/C26H35Cl2N3O4S/c1-5-8-15-29-26(33)23(7-3)30(17-20-13-14-21(27)16-22(20)28)25(32)18-31(36(4,34)35)24-12-10-9-11-19(24)6-2/h9-14,16,23H,5-8,15,17-18H2,1-4H3,(H,29,33). The molecular formula is C26H35Cl2N3O4S. The number of anilines is 1. The Kier molecular flexibility index (Phi) is 11.5. The van der Waals surface area contributed by atoms with E-state index in [0.29, 0.717) is 40.7 Å². The average molecular weight is 557 g/mol. The number of benzene rings is 2. The first-order valence-corrected chi connectivity index (χ1v) is 14.7. The number of para-hydroxylation sites is 1. The molecule has 2 amide bonds. The van der Waals surface area contributed by atoms with Crippen molar-refractivity contribution in [3.63, 3.8) is 0 Å². The lowest BCUT2D eigenvalue weighted by atomic mass is 10.1. The number of unbranched alkanes of at least 4 members (excludes halogenated alkanes) is 1. The second kappa shape index (κ2) is 13.9. The summed E-state index contributed by atoms with van der Waals surface area (Å²) in [4.78, 5) is 28.3. The van der Waals surface area contributed by atoms with Gasteiger partial charge in [-0.3, -0.25) is 13.9 Å². The Labute approximate surface area is 224 Å². The third-order valence-corrected chi connectivity index (χ3v) is 7.61. The third-order valence-electron chi connectivity index (χ3n) is 5.89. The number of hydrogen-bond donors (Lipinski definition) is 1. The number of carbonyl (C=O) groups excluding carboxylic acids is 2. The molecular weight excluding hydrogens is 521 g/mol. The van der Waals surface area contributed by atoms with E-state index >= 15 is 0 Å². The zero-order valence-corrected chi connectivity index (χ0v) is 23.6. The zero-order valence-electron chi connectivity index (χ0n) is 21.3. The number of sulfonamides is 1. The first kappa shape index (κ1) is 29.9. The minimum absolute atomic E-state index is 0.0293. The molecule has 1 N–H and O–H groups in total. The molecule has 2 aromatic carbocycles. The molecule has 0 saturated heterocycles. The highest BCUT2D eigenvalue weighted by Crippen LogP contribution is 2.26. The van der Waals surface area contributed by atoms with Gasteiger partial charge in [-0.25, -0.2) is 8.42 Å². The fourth-order valence-corrected chi connectivity index (χ4v) is 5.26. The molecule has 0 fully saturated rings. The molecule has 2 aromatic rings. The molecule has 0 aromatic heterocycles. The Morgan fingerprint density at radius 3 is 2.31 bits per heavy atom. The minimum atomic E-state index is -3.79. The van der Waals surface area contributed by atoms with Gasteiger partial charge in [-0.05, 0) is 48.6 Å². The van der Waals surface area contributed by atoms with E-state index in [2.05, 4.69) is 5.32 Å². The summed E-state index contributed by atoms with van der Waals surface area (Å²) in [6.45, 7) is 5.84. The Hall–Kier alpha value is -2.29. The zero-order chi connectivity index (χ0) is 26.9. The largest absolute Gasteiger partial charge is 0.354 e. The van der Waals surface area contributed by atoms with E-state index < -0.39 is 28.5 Å². The van der Waals surface area contributed by atoms with Crippen LogP contribution < -0.4 is 9.62 Å². The van der Waals surface area contributed by atoms with E-state index in [0.717, 1.165) is 29.0 Å². The number of nitrogens with one attached hydrogen (secondary N) is 1. The number of halogens is 2. The first-order chi connectivity index (χ1) is 17.0. The van der Waals surface area contributed by atoms with Crippen LogP contribution in [0.3, 0.4) is 0 Å². The third kappa shape index (κ3) is 8.11. The monoisotopic (exact) mass is 555 g/mol. The molecule has 1 atom stereocenters. The SMILES string of the molecule is CCCCNC(=O)C(CC)N(Cc1ccc(Cl)cc1Cl)C(=O)CN(c1ccccc1CC)S(C)(=O)=O. The lowest BCUT2D eigenvalue weighted by molar-refractivity contribution is -0.140. The van der Waals surface area contributed by atoms with Gasteiger partial charge in [0, 0.05) is 23.1 Å². The molecule has 36 heavy (non-hydrogen) atoms. The van der Waals surface area contributed by atoms with Gasteiger partial charge in [-0.1, -0.05) is 74.7 Å². The summed E-state index contributed by atoms with van der Waals surface area (Å²) in [5.41, 5.74) is 1.85. The second-order valence-electron chi connectivity index (χ2n) is 8.58. The lowest BCUT2D eigenvalue weighted by Crippen LogP contribution is -2.52. The minimum Gasteiger partial charge on any atom is -0.354 e. The summed E-state index contributed by atoms with van der Waals surface area (Å²) in [5, 5.41) is 3.70. The van der Waals surface area contributed by atoms with Crippen molar-refractivity contribution in [2.24, 2.45) is 0 Å². The number of hydrogen-bond acceptors (Lipinski definition) is 4. The molecule has 0 saturated carbocycles. The van der Waals surface area contributed by atoms with Gasteiger partial charge in [0.1, 0.15) is 12.6 Å². The molecule has 0 aliphatic carbocycles. The van der Waals surface area contributed by atoms with Crippen LogP contribution in [0.2, 0.25) is 10.0 Å². The molecule has 198 valence electrons. The maximum atomic E-state index is 13.8. The van der Waals surface area contributed by atoms with Crippen molar-refractivity contribution >= 4 is 50.7 Å². The molecule has 1 unspecified atom stereocenters. The first-order valence-electron chi connectivity index (χ1n) is 12.1. The van der Waals surface area contributed by atoms with Gasteiger partial charge in [-0.15, -0.1) is 0 Å². The van der Waals surface area contributed by atoms with Gasteiger partial charge in [0.15, 0.2) is 0 Å². The topological polar surface area (TPSA) is 86.8 Å². The Bertz CT molecular complexity index is 1160. The molecule has 0 heterocycles. The van der Waals surface area contributed by atoms with Crippen LogP contribution in [0.15, 0.2) is 42.5 Å². The van der Waals surface area contributed by atoms with Gasteiger partial charge in [0.05, 0.1) is 11.9 Å². The molecule has 0 aliphatic heterocycles. The van der Waals surface area contributed by atoms with Crippen molar-refractivity contribution in [3.8, 4) is 0 Å². The van der Waals surface area contributed by atoms with Crippen molar-refractivity contribution in [1.82, 2.24) is 10.2 Å². The van der Waals surface area contributed by atoms with Crippen LogP contribution in [0, 0.1) is 0 Å². The normalized spacial score (nSPS) is 12.2. The van der Waals surface area contributed by atoms with Crippen LogP contribution in [-0.4, -0.2) is 50.5 Å². The summed E-state index contributed by atoms with van der Waals surface area (Å²) in [7, 11) is -3.79. The maximum Gasteiger partial charge on any atom is 0.244 e. The van der Waals surface area contributed by atoms with E-state index in [-0.39, 0.29) is 12.5 Å². The Morgan fingerprint density at radius 1 is 1.03 bits per heavy atom. The predicted octanol–water partition coefficient (Wildman–Crippen LogP) is 5.05. The lowest BCUT2D eigenvalue weighted by Gasteiger charge is -2.33. The van der Waals surface area contributed by atoms with Crippen LogP contribution >= 0.6 is 23.2 Å². The van der Waals surface area contributed by atoms with Crippen molar-refractivity contribution in [3.05, 3.63) is 63.6 Å². The second-order valence-corrected chi connectivity index (χ2v) is 11.3. The Morgan fingerprint density at radius 2 is 1.72 bits per heavy atom. The van der Waals surface area contributed by atoms with Gasteiger partial charge in [-0.2, -0.15) is 0 Å². The predicted molar refractivity (Wildman–Crippen MR) is 147 cm³/mol. The number of aryl methyl sites for hydroxylation is 1. The fraction of sp³-hybridized carbons (Fsp3) is 0.462. The van der Waals surface area contributed by atoms with Crippen LogP contribution in [0.4, 0.5) is 5.69 Å². The average Bonchev–Trinajstić information content (AvgIpc) is 2.83. The maximum absolute atomic E-state index is 13.8. The van der Waals surface area contributed by atoms with E-state index in [9.17, 15) is 18.0 Å². The van der Waals surface area contributed by atoms with Crippen molar-refractivity contribution < 1.29 is 18.0 Å². The van der Waals surface area contributed by atoms with Crippen LogP contribution in [0.25, 0.3) is 0 Å². The van der Waals surface area contributed by atoms with Gasteiger partial charge in [0.2, 0.25) is 21.8 Å². The van der Waals surface area contributed by atoms with Gasteiger partial charge < -0.3 is 10.2 Å². The van der Waals surface area contributed by atoms with Gasteiger partial charge in [0.25, 0.3) is 0 Å². The summed E-state index contributed by atoms with van der Waals surface area (Å²) >= 11 is 12.4. The van der Waals surface area contributed by atoms with Gasteiger partial charge >= 0.3 is 0 Å². The smallest absolute Gasteiger partial charge is 0.244 e. The molecule has 0 bridgehead atoms. The van der Waals surface area contributed by atoms with E-state index in [1.807, 2.05) is 32.9 Å². The van der Waals surface area contributed by atoms with Crippen molar-refractivity contribution in [1.29, 1.82) is 0 Å². The highest BCUT2D eigenvalue weighted by molar-refractivity contribution is 7.92. The Balaban J connectivity index is 2.47. The number of nitrogens with zero attached hydrogens (tertiary/aromatic N) is 2. The fourth-order valence-electron chi connectivity index (χ4n) is 3.91. The highest BCUT2D eigenvalue weighted by atomic mass is 35.5. The molecule has 0 spiro atoms. The molecule has 10 heteroatoms. The van der Waals surface area contributed by atoms with Crippen LogP contribution in [-0.2, 0) is 32.6 Å². The molecule has 7 nitrogen and oxygen atoms in total. The number of rotatable bonds is 13. The number of carbonyl (C=O) groups is 2. The van der Waals surface area contributed by atoms with E-state index in [1.165, 1.54) is 4.90 Å². The van der Waals surface area contributed by atoms with Crippen molar-refractivity contribution in [2.75, 3.05) is 23.7 Å². The van der Waals surface area contributed by atoms with Crippen LogP contribution in [0.1, 0.15) is 51.2 Å². The molecule has 2 rings (SSSR count). The van der Waals surface area contributed by atoms with E-state index in [4.69, 9.17) is 23.2 Å². The summed E-state index contributed by atoms with van der Waals surface area (Å²) in [6, 6.07) is 11.2. The number of amides is 2. The summed E-state index contributed by atoms with van der Waals surface area (Å²) < 4.78 is 26.7. The van der Waals surface area contributed by atoms with Crippen LogP contribution in [0.5, 0.6) is 0 Å².